The molecular weight excluding hydrogens is 388 g/mol. The maximum Gasteiger partial charge on any atom is 0.280 e. The van der Waals surface area contributed by atoms with Gasteiger partial charge in [-0.2, -0.15) is 0 Å². The van der Waals surface area contributed by atoms with E-state index in [2.05, 4.69) is 29.9 Å². The maximum absolute atomic E-state index is 13.0. The third-order valence-corrected chi connectivity index (χ3v) is 4.64. The van der Waals surface area contributed by atoms with E-state index < -0.39 is 6.43 Å². The molecule has 2 aliphatic rings. The summed E-state index contributed by atoms with van der Waals surface area (Å²) in [6.07, 6.45) is 4.32. The molecule has 150 valence electrons. The average molecular weight is 409 g/mol. The fourth-order valence-corrected chi connectivity index (χ4v) is 3.17. The van der Waals surface area contributed by atoms with Crippen molar-refractivity contribution in [2.45, 2.75) is 12.5 Å². The van der Waals surface area contributed by atoms with Gasteiger partial charge in [0.15, 0.2) is 0 Å². The Morgan fingerprint density at radius 3 is 3.14 bits per heavy atom. The van der Waals surface area contributed by atoms with Crippen LogP contribution in [0.4, 0.5) is 14.6 Å². The number of hydrogen-bond donors (Lipinski definition) is 3. The Kier molecular flexibility index (Phi) is 7.06. The fourth-order valence-electron chi connectivity index (χ4n) is 2.82. The summed E-state index contributed by atoms with van der Waals surface area (Å²) in [6, 6.07) is 1.73. The first-order valence-electron chi connectivity index (χ1n) is 8.61. The number of alkyl halides is 2. The van der Waals surface area contributed by atoms with Crippen LogP contribution in [0.5, 0.6) is 0 Å². The molecule has 1 aromatic rings. The SMILES string of the molecule is CSNCC1CN(c2cc(/C(C=N)=C3\N=C(C(F)F)C=CN3)ncn2)CCO1. The summed E-state index contributed by atoms with van der Waals surface area (Å²) in [5.74, 6) is 0.841. The highest BCUT2D eigenvalue weighted by molar-refractivity contribution is 7.96. The molecular formula is C17H21F2N7OS. The van der Waals surface area contributed by atoms with E-state index in [0.717, 1.165) is 6.21 Å². The van der Waals surface area contributed by atoms with Crippen LogP contribution in [0.25, 0.3) is 5.57 Å². The van der Waals surface area contributed by atoms with Gasteiger partial charge in [0.2, 0.25) is 0 Å². The smallest absolute Gasteiger partial charge is 0.280 e. The Balaban J connectivity index is 1.85. The molecule has 3 rings (SSSR count). The van der Waals surface area contributed by atoms with Crippen LogP contribution in [-0.2, 0) is 4.74 Å². The molecule has 0 spiro atoms. The van der Waals surface area contributed by atoms with Crippen LogP contribution in [0, 0.1) is 5.41 Å². The molecule has 1 fully saturated rings. The van der Waals surface area contributed by atoms with Crippen molar-refractivity contribution in [1.82, 2.24) is 20.0 Å². The van der Waals surface area contributed by atoms with Crippen LogP contribution in [0.1, 0.15) is 5.69 Å². The standard InChI is InChI=1S/C17H21F2N7OS/c1-28-24-8-11-9-26(4-5-27-11)15-6-14(22-10-23-15)12(7-20)17-21-3-2-13(25-17)16(18)19/h2-3,6-7,10-11,16,20-21,24H,4-5,8-9H2,1H3/b17-12-,20-7?. The van der Waals surface area contributed by atoms with Gasteiger partial charge in [0, 0.05) is 38.1 Å². The lowest BCUT2D eigenvalue weighted by Crippen LogP contribution is -2.46. The molecule has 0 amide bonds. The predicted octanol–water partition coefficient (Wildman–Crippen LogP) is 1.69. The molecule has 8 nitrogen and oxygen atoms in total. The molecule has 2 aliphatic heterocycles. The highest BCUT2D eigenvalue weighted by Gasteiger charge is 2.22. The second-order valence-electron chi connectivity index (χ2n) is 5.97. The van der Waals surface area contributed by atoms with Crippen molar-refractivity contribution < 1.29 is 13.5 Å². The first-order valence-corrected chi connectivity index (χ1v) is 9.84. The third kappa shape index (κ3) is 4.91. The number of anilines is 1. The van der Waals surface area contributed by atoms with Crippen LogP contribution in [0.15, 0.2) is 35.5 Å². The first-order chi connectivity index (χ1) is 13.6. The molecule has 0 bridgehead atoms. The van der Waals surface area contributed by atoms with Crippen molar-refractivity contribution in [2.75, 3.05) is 37.4 Å². The number of halogens is 2. The van der Waals surface area contributed by atoms with Crippen LogP contribution >= 0.6 is 11.9 Å². The molecule has 11 heteroatoms. The predicted molar refractivity (Wildman–Crippen MR) is 107 cm³/mol. The van der Waals surface area contributed by atoms with Crippen molar-refractivity contribution in [1.29, 1.82) is 5.41 Å². The summed E-state index contributed by atoms with van der Waals surface area (Å²) >= 11 is 1.54. The molecule has 3 heterocycles. The maximum atomic E-state index is 13.0. The number of aromatic nitrogens is 2. The molecule has 0 aromatic carbocycles. The molecule has 1 saturated heterocycles. The number of hydrogen-bond acceptors (Lipinski definition) is 9. The van der Waals surface area contributed by atoms with E-state index in [1.165, 1.54) is 30.6 Å². The third-order valence-electron chi connectivity index (χ3n) is 4.18. The van der Waals surface area contributed by atoms with E-state index in [1.807, 2.05) is 6.26 Å². The fraction of sp³-hybridized carbons (Fsp3) is 0.412. The number of nitrogens with zero attached hydrogens (tertiary/aromatic N) is 4. The van der Waals surface area contributed by atoms with Crippen LogP contribution < -0.4 is 14.9 Å². The Labute approximate surface area is 165 Å². The molecule has 1 atom stereocenters. The number of nitrogens with one attached hydrogen (secondary N) is 3. The van der Waals surface area contributed by atoms with Gasteiger partial charge in [-0.3, -0.25) is 4.72 Å². The van der Waals surface area contributed by atoms with Gasteiger partial charge >= 0.3 is 0 Å². The highest BCUT2D eigenvalue weighted by atomic mass is 32.2. The van der Waals surface area contributed by atoms with Crippen LogP contribution in [-0.4, -0.2) is 66.9 Å². The molecule has 3 N–H and O–H groups in total. The van der Waals surface area contributed by atoms with E-state index in [0.29, 0.717) is 43.3 Å². The van der Waals surface area contributed by atoms with Crippen molar-refractivity contribution >= 4 is 35.3 Å². The Hall–Kier alpha value is -2.37. The molecule has 0 saturated carbocycles. The average Bonchev–Trinajstić information content (AvgIpc) is 2.73. The Morgan fingerprint density at radius 1 is 1.54 bits per heavy atom. The van der Waals surface area contributed by atoms with Gasteiger partial charge < -0.3 is 20.4 Å². The van der Waals surface area contributed by atoms with Crippen LogP contribution in [0.2, 0.25) is 0 Å². The second kappa shape index (κ2) is 9.71. The van der Waals surface area contributed by atoms with E-state index in [-0.39, 0.29) is 17.6 Å². The number of ether oxygens (including phenoxy) is 1. The lowest BCUT2D eigenvalue weighted by Gasteiger charge is -2.33. The zero-order chi connectivity index (χ0) is 19.9. The largest absolute Gasteiger partial charge is 0.373 e. The minimum absolute atomic E-state index is 0.0310. The molecule has 1 unspecified atom stereocenters. The highest BCUT2D eigenvalue weighted by Crippen LogP contribution is 2.22. The monoisotopic (exact) mass is 409 g/mol. The summed E-state index contributed by atoms with van der Waals surface area (Å²) in [4.78, 5) is 14.5. The zero-order valence-electron chi connectivity index (χ0n) is 15.2. The summed E-state index contributed by atoms with van der Waals surface area (Å²) in [6.45, 7) is 2.63. The lowest BCUT2D eigenvalue weighted by molar-refractivity contribution is 0.0444. The minimum Gasteiger partial charge on any atom is -0.373 e. The first kappa shape index (κ1) is 20.4. The summed E-state index contributed by atoms with van der Waals surface area (Å²) < 4.78 is 34.8. The summed E-state index contributed by atoms with van der Waals surface area (Å²) in [7, 11) is 0. The topological polar surface area (TPSA) is 98.5 Å². The quantitative estimate of drug-likeness (QED) is 0.466. The molecule has 0 radical (unpaired) electrons. The zero-order valence-corrected chi connectivity index (χ0v) is 16.0. The molecule has 28 heavy (non-hydrogen) atoms. The van der Waals surface area contributed by atoms with E-state index >= 15 is 0 Å². The molecule has 0 aliphatic carbocycles. The van der Waals surface area contributed by atoms with Crippen molar-refractivity contribution in [3.63, 3.8) is 0 Å². The number of aliphatic imine (C=N–C) groups is 1. The normalized spacial score (nSPS) is 21.4. The number of morpholine rings is 1. The van der Waals surface area contributed by atoms with E-state index in [1.54, 1.807) is 6.07 Å². The second-order valence-corrected chi connectivity index (χ2v) is 6.67. The van der Waals surface area contributed by atoms with Gasteiger partial charge in [0.25, 0.3) is 6.43 Å². The number of allylic oxidation sites excluding steroid dienone is 2. The van der Waals surface area contributed by atoms with Crippen molar-refractivity contribution in [3.8, 4) is 0 Å². The summed E-state index contributed by atoms with van der Waals surface area (Å²) in [5, 5.41) is 10.5. The van der Waals surface area contributed by atoms with Gasteiger partial charge in [-0.05, 0) is 12.3 Å². The van der Waals surface area contributed by atoms with Gasteiger partial charge in [-0.1, -0.05) is 11.9 Å². The van der Waals surface area contributed by atoms with Gasteiger partial charge in [-0.25, -0.2) is 23.7 Å². The molecule has 1 aromatic heterocycles. The minimum atomic E-state index is -2.69. The van der Waals surface area contributed by atoms with Gasteiger partial charge in [0.05, 0.1) is 24.0 Å². The van der Waals surface area contributed by atoms with Crippen molar-refractivity contribution in [2.24, 2.45) is 4.99 Å². The summed E-state index contributed by atoms with van der Waals surface area (Å²) in [5.41, 5.74) is 0.375. The van der Waals surface area contributed by atoms with E-state index in [9.17, 15) is 8.78 Å². The Bertz CT molecular complexity index is 799. The lowest BCUT2D eigenvalue weighted by atomic mass is 10.1. The number of rotatable bonds is 7. The van der Waals surface area contributed by atoms with Crippen LogP contribution in [0.3, 0.4) is 0 Å². The van der Waals surface area contributed by atoms with Gasteiger partial charge in [0.1, 0.15) is 23.7 Å². The van der Waals surface area contributed by atoms with Gasteiger partial charge in [-0.15, -0.1) is 0 Å². The Morgan fingerprint density at radius 2 is 2.39 bits per heavy atom. The van der Waals surface area contributed by atoms with Crippen molar-refractivity contribution in [3.05, 3.63) is 36.2 Å². The van der Waals surface area contributed by atoms with E-state index in [4.69, 9.17) is 10.1 Å².